The number of carbonyl (C=O) groups excluding carboxylic acids is 2. The molecule has 1 unspecified atom stereocenters. The zero-order valence-corrected chi connectivity index (χ0v) is 17.0. The van der Waals surface area contributed by atoms with Gasteiger partial charge >= 0.3 is 0 Å². The van der Waals surface area contributed by atoms with Gasteiger partial charge < -0.3 is 15.3 Å². The summed E-state index contributed by atoms with van der Waals surface area (Å²) in [5.74, 6) is -0.669. The third-order valence-electron chi connectivity index (χ3n) is 5.08. The molecule has 30 heavy (non-hydrogen) atoms. The number of non-ortho nitro benzene ring substituents is 1. The van der Waals surface area contributed by atoms with Gasteiger partial charge in [-0.25, -0.2) is 0 Å². The summed E-state index contributed by atoms with van der Waals surface area (Å²) >= 11 is 6.04. The molecule has 3 rings (SSSR count). The van der Waals surface area contributed by atoms with Crippen molar-refractivity contribution in [1.82, 2.24) is 9.80 Å². The van der Waals surface area contributed by atoms with Gasteiger partial charge in [0.2, 0.25) is 5.91 Å². The summed E-state index contributed by atoms with van der Waals surface area (Å²) in [6.07, 6.45) is 0. The minimum atomic E-state index is -0.559. The monoisotopic (exact) mass is 432 g/mol. The normalized spacial score (nSPS) is 15.5. The quantitative estimate of drug-likeness (QED) is 0.554. The van der Waals surface area contributed by atoms with Crippen LogP contribution in [0.1, 0.15) is 17.3 Å². The third kappa shape index (κ3) is 4.69. The molecule has 0 spiro atoms. The molecule has 0 aliphatic carbocycles. The summed E-state index contributed by atoms with van der Waals surface area (Å²) in [7, 11) is 0. The Hall–Kier alpha value is -3.17. The number of phenolic OH excluding ortho intramolecular Hbond substituents is 1. The van der Waals surface area contributed by atoms with Crippen LogP contribution in [0.15, 0.2) is 42.5 Å². The lowest BCUT2D eigenvalue weighted by atomic mass is 10.1. The van der Waals surface area contributed by atoms with Crippen LogP contribution in [0.3, 0.4) is 0 Å². The van der Waals surface area contributed by atoms with Crippen molar-refractivity contribution in [3.05, 3.63) is 63.2 Å². The molecule has 0 aromatic heterocycles. The Morgan fingerprint density at radius 2 is 1.83 bits per heavy atom. The Morgan fingerprint density at radius 1 is 1.17 bits per heavy atom. The van der Waals surface area contributed by atoms with Crippen molar-refractivity contribution in [3.63, 3.8) is 0 Å². The van der Waals surface area contributed by atoms with Crippen molar-refractivity contribution < 1.29 is 19.6 Å². The SMILES string of the molecule is CC(C(=O)Nc1cc([N+](=O)[O-])ccc1Cl)N1CCN(C(=O)c2ccccc2O)CC1. The maximum atomic E-state index is 12.6. The second kappa shape index (κ2) is 9.10. The number of para-hydroxylation sites is 1. The first kappa shape index (κ1) is 21.5. The predicted molar refractivity (Wildman–Crippen MR) is 112 cm³/mol. The molecule has 1 saturated heterocycles. The number of benzene rings is 2. The average Bonchev–Trinajstić information content (AvgIpc) is 2.74. The largest absolute Gasteiger partial charge is 0.507 e. The molecule has 1 heterocycles. The van der Waals surface area contributed by atoms with E-state index in [1.807, 2.05) is 4.90 Å². The van der Waals surface area contributed by atoms with Gasteiger partial charge in [0.15, 0.2) is 0 Å². The molecule has 158 valence electrons. The fourth-order valence-corrected chi connectivity index (χ4v) is 3.43. The van der Waals surface area contributed by atoms with Crippen molar-refractivity contribution in [3.8, 4) is 5.75 Å². The number of amides is 2. The number of halogens is 1. The van der Waals surface area contributed by atoms with E-state index in [9.17, 15) is 24.8 Å². The number of rotatable bonds is 5. The first-order valence-electron chi connectivity index (χ1n) is 9.34. The van der Waals surface area contributed by atoms with Gasteiger partial charge in [-0.1, -0.05) is 23.7 Å². The van der Waals surface area contributed by atoms with Gasteiger partial charge in [0.1, 0.15) is 5.75 Å². The fourth-order valence-electron chi connectivity index (χ4n) is 3.26. The highest BCUT2D eigenvalue weighted by molar-refractivity contribution is 6.33. The molecular formula is C20H21ClN4O5. The molecular weight excluding hydrogens is 412 g/mol. The van der Waals surface area contributed by atoms with Crippen LogP contribution in [0.2, 0.25) is 5.02 Å². The number of anilines is 1. The molecule has 1 aliphatic heterocycles. The smallest absolute Gasteiger partial charge is 0.271 e. The zero-order chi connectivity index (χ0) is 21.8. The Labute approximate surface area is 178 Å². The van der Waals surface area contributed by atoms with Gasteiger partial charge in [-0.2, -0.15) is 0 Å². The number of phenols is 1. The molecule has 2 aromatic carbocycles. The van der Waals surface area contributed by atoms with Crippen LogP contribution in [-0.4, -0.2) is 63.9 Å². The van der Waals surface area contributed by atoms with Crippen molar-refractivity contribution in [2.24, 2.45) is 0 Å². The Morgan fingerprint density at radius 3 is 2.47 bits per heavy atom. The first-order valence-corrected chi connectivity index (χ1v) is 9.72. The standard InChI is InChI=1S/C20H21ClN4O5/c1-13(19(27)22-17-12-14(25(29)30)6-7-16(17)21)23-8-10-24(11-9-23)20(28)15-4-2-3-5-18(15)26/h2-7,12-13,26H,8-11H2,1H3,(H,22,27). The van der Waals surface area contributed by atoms with Gasteiger partial charge in [0.05, 0.1) is 27.2 Å². The van der Waals surface area contributed by atoms with E-state index in [1.54, 1.807) is 30.0 Å². The topological polar surface area (TPSA) is 116 Å². The summed E-state index contributed by atoms with van der Waals surface area (Å²) in [4.78, 5) is 39.1. The Kier molecular flexibility index (Phi) is 6.53. The minimum absolute atomic E-state index is 0.0634. The molecule has 2 N–H and O–H groups in total. The first-order chi connectivity index (χ1) is 14.3. The van der Waals surface area contributed by atoms with Crippen molar-refractivity contribution >= 4 is 34.8 Å². The van der Waals surface area contributed by atoms with Crippen molar-refractivity contribution in [2.45, 2.75) is 13.0 Å². The van der Waals surface area contributed by atoms with Crippen LogP contribution in [0.25, 0.3) is 0 Å². The molecule has 9 nitrogen and oxygen atoms in total. The van der Waals surface area contributed by atoms with Gasteiger partial charge in [-0.15, -0.1) is 0 Å². The van der Waals surface area contributed by atoms with Crippen LogP contribution in [0.4, 0.5) is 11.4 Å². The number of carbonyl (C=O) groups is 2. The molecule has 1 aliphatic rings. The summed E-state index contributed by atoms with van der Waals surface area (Å²) in [5, 5.41) is 23.7. The number of nitrogens with zero attached hydrogens (tertiary/aromatic N) is 3. The van der Waals surface area contributed by atoms with Crippen LogP contribution in [0, 0.1) is 10.1 Å². The number of nitro groups is 1. The zero-order valence-electron chi connectivity index (χ0n) is 16.2. The molecule has 2 aromatic rings. The highest BCUT2D eigenvalue weighted by Gasteiger charge is 2.29. The minimum Gasteiger partial charge on any atom is -0.507 e. The second-order valence-electron chi connectivity index (χ2n) is 6.93. The summed E-state index contributed by atoms with van der Waals surface area (Å²) in [5.41, 5.74) is 0.256. The van der Waals surface area contributed by atoms with E-state index in [4.69, 9.17) is 11.6 Å². The van der Waals surface area contributed by atoms with Gasteiger partial charge in [0, 0.05) is 38.3 Å². The van der Waals surface area contributed by atoms with E-state index in [-0.39, 0.29) is 39.5 Å². The highest BCUT2D eigenvalue weighted by Crippen LogP contribution is 2.27. The third-order valence-corrected chi connectivity index (χ3v) is 5.41. The van der Waals surface area contributed by atoms with E-state index in [0.717, 1.165) is 0 Å². The highest BCUT2D eigenvalue weighted by atomic mass is 35.5. The van der Waals surface area contributed by atoms with Gasteiger partial charge in [-0.3, -0.25) is 24.6 Å². The number of hydrogen-bond donors (Lipinski definition) is 2. The molecule has 1 atom stereocenters. The second-order valence-corrected chi connectivity index (χ2v) is 7.34. The summed E-state index contributed by atoms with van der Waals surface area (Å²) < 4.78 is 0. The maximum absolute atomic E-state index is 12.6. The summed E-state index contributed by atoms with van der Waals surface area (Å²) in [6, 6.07) is 9.70. The van der Waals surface area contributed by atoms with Crippen LogP contribution in [0.5, 0.6) is 5.75 Å². The molecule has 2 amide bonds. The molecule has 0 bridgehead atoms. The number of aromatic hydroxyl groups is 1. The molecule has 10 heteroatoms. The van der Waals surface area contributed by atoms with Gasteiger partial charge in [0.25, 0.3) is 11.6 Å². The van der Waals surface area contributed by atoms with E-state index in [2.05, 4.69) is 5.32 Å². The molecule has 1 fully saturated rings. The molecule has 0 radical (unpaired) electrons. The van der Waals surface area contributed by atoms with Gasteiger partial charge in [-0.05, 0) is 25.1 Å². The van der Waals surface area contributed by atoms with E-state index in [1.165, 1.54) is 24.3 Å². The van der Waals surface area contributed by atoms with Crippen LogP contribution < -0.4 is 5.32 Å². The average molecular weight is 433 g/mol. The number of hydrogen-bond acceptors (Lipinski definition) is 6. The summed E-state index contributed by atoms with van der Waals surface area (Å²) in [6.45, 7) is 3.47. The predicted octanol–water partition coefficient (Wildman–Crippen LogP) is 2.74. The number of nitro benzene ring substituents is 1. The van der Waals surface area contributed by atoms with E-state index >= 15 is 0 Å². The Bertz CT molecular complexity index is 975. The fraction of sp³-hybridized carbons (Fsp3) is 0.300. The number of piperazine rings is 1. The lowest BCUT2D eigenvalue weighted by Crippen LogP contribution is -2.54. The Balaban J connectivity index is 1.60. The molecule has 0 saturated carbocycles. The lowest BCUT2D eigenvalue weighted by molar-refractivity contribution is -0.384. The van der Waals surface area contributed by atoms with E-state index in [0.29, 0.717) is 26.2 Å². The lowest BCUT2D eigenvalue weighted by Gasteiger charge is -2.37. The maximum Gasteiger partial charge on any atom is 0.271 e. The van der Waals surface area contributed by atoms with Crippen molar-refractivity contribution in [2.75, 3.05) is 31.5 Å². The van der Waals surface area contributed by atoms with Crippen molar-refractivity contribution in [1.29, 1.82) is 0 Å². The number of nitrogens with one attached hydrogen (secondary N) is 1. The van der Waals surface area contributed by atoms with Crippen LogP contribution in [-0.2, 0) is 4.79 Å². The van der Waals surface area contributed by atoms with Crippen LogP contribution >= 0.6 is 11.6 Å². The van der Waals surface area contributed by atoms with E-state index < -0.39 is 11.0 Å².